The van der Waals surface area contributed by atoms with Crippen LogP contribution in [0.4, 0.5) is 16.2 Å². The van der Waals surface area contributed by atoms with Crippen molar-refractivity contribution in [3.8, 4) is 6.07 Å². The van der Waals surface area contributed by atoms with Crippen molar-refractivity contribution in [2.75, 3.05) is 44.4 Å². The Morgan fingerprint density at radius 3 is 2.47 bits per heavy atom. The summed E-state index contributed by atoms with van der Waals surface area (Å²) in [6, 6.07) is 8.57. The predicted octanol–water partition coefficient (Wildman–Crippen LogP) is 1.09. The standard InChI is InChI=1S/C23H30N6O4S/c1-5-29-20(30)19(34-21(29)18(14-24)22(31)33-6-2)15-26-16-8-10-17(11-9-16)27-23(32)25-12-7-13-28(3)4/h8-11,15,26H,5-7,12-13H2,1-4H3,(H2,25,27,32)/b19-15+,21-18+. The normalized spacial score (nSPS) is 12.2. The fourth-order valence-corrected chi connectivity index (χ4v) is 4.02. The highest BCUT2D eigenvalue weighted by atomic mass is 32.1. The molecule has 2 rings (SSSR count). The Bertz CT molecular complexity index is 1210. The van der Waals surface area contributed by atoms with Gasteiger partial charge in [-0.15, -0.1) is 11.3 Å². The zero-order valence-electron chi connectivity index (χ0n) is 19.8. The smallest absolute Gasteiger partial charge is 0.351 e. The number of hydrogen-bond acceptors (Lipinski definition) is 8. The second-order valence-electron chi connectivity index (χ2n) is 7.43. The van der Waals surface area contributed by atoms with E-state index in [0.29, 0.717) is 29.0 Å². The summed E-state index contributed by atoms with van der Waals surface area (Å²) in [5, 5.41) is 18.0. The molecular weight excluding hydrogens is 456 g/mol. The molecule has 3 N–H and O–H groups in total. The SMILES string of the molecule is CCOC(=O)/C(C#N)=c1/s/c(=C/Nc2ccc(NC(=O)NCCCN(C)C)cc2)c(=O)n1CC. The molecule has 0 radical (unpaired) electrons. The lowest BCUT2D eigenvalue weighted by Gasteiger charge is -2.11. The van der Waals surface area contributed by atoms with Gasteiger partial charge < -0.3 is 25.6 Å². The fourth-order valence-electron chi connectivity index (χ4n) is 2.95. The number of rotatable bonds is 10. The van der Waals surface area contributed by atoms with Gasteiger partial charge >= 0.3 is 12.0 Å². The summed E-state index contributed by atoms with van der Waals surface area (Å²) in [7, 11) is 3.96. The van der Waals surface area contributed by atoms with E-state index in [1.807, 2.05) is 20.2 Å². The van der Waals surface area contributed by atoms with Crippen LogP contribution in [0, 0.1) is 11.3 Å². The molecule has 0 unspecified atom stereocenters. The van der Waals surface area contributed by atoms with Crippen molar-refractivity contribution in [1.82, 2.24) is 14.8 Å². The van der Waals surface area contributed by atoms with E-state index in [0.717, 1.165) is 24.3 Å². The van der Waals surface area contributed by atoms with Gasteiger partial charge in [0, 0.05) is 30.7 Å². The van der Waals surface area contributed by atoms with Gasteiger partial charge in [-0.25, -0.2) is 9.59 Å². The molecule has 2 amide bonds. The van der Waals surface area contributed by atoms with Gasteiger partial charge in [0.2, 0.25) is 0 Å². The van der Waals surface area contributed by atoms with Gasteiger partial charge in [-0.05, 0) is 65.2 Å². The molecule has 0 saturated carbocycles. The largest absolute Gasteiger partial charge is 0.462 e. The van der Waals surface area contributed by atoms with Gasteiger partial charge in [-0.3, -0.25) is 9.36 Å². The number of benzene rings is 1. The van der Waals surface area contributed by atoms with Crippen LogP contribution in [0.25, 0.3) is 11.8 Å². The maximum atomic E-state index is 12.7. The number of esters is 1. The average Bonchev–Trinajstić information content (AvgIpc) is 3.11. The first-order chi connectivity index (χ1) is 16.3. The molecule has 2 aromatic rings. The van der Waals surface area contributed by atoms with Gasteiger partial charge in [0.25, 0.3) is 5.56 Å². The third-order valence-electron chi connectivity index (χ3n) is 4.61. The second kappa shape index (κ2) is 13.2. The molecule has 1 heterocycles. The minimum absolute atomic E-state index is 0.134. The molecule has 0 atom stereocenters. The summed E-state index contributed by atoms with van der Waals surface area (Å²) in [6.45, 7) is 5.33. The van der Waals surface area contributed by atoms with Gasteiger partial charge in [-0.1, -0.05) is 0 Å². The first-order valence-electron chi connectivity index (χ1n) is 10.9. The van der Waals surface area contributed by atoms with E-state index in [1.54, 1.807) is 38.1 Å². The van der Waals surface area contributed by atoms with Crippen LogP contribution in [0.3, 0.4) is 0 Å². The zero-order valence-corrected chi connectivity index (χ0v) is 20.6. The number of carbonyl (C=O) groups excluding carboxylic acids is 2. The van der Waals surface area contributed by atoms with Gasteiger partial charge in [-0.2, -0.15) is 5.26 Å². The number of carbonyl (C=O) groups is 2. The van der Waals surface area contributed by atoms with E-state index < -0.39 is 5.97 Å². The van der Waals surface area contributed by atoms with Crippen molar-refractivity contribution in [2.45, 2.75) is 26.8 Å². The number of hydrogen-bond donors (Lipinski definition) is 3. The minimum Gasteiger partial charge on any atom is -0.462 e. The second-order valence-corrected chi connectivity index (χ2v) is 8.46. The summed E-state index contributed by atoms with van der Waals surface area (Å²) in [5.41, 5.74) is 0.825. The summed E-state index contributed by atoms with van der Waals surface area (Å²) in [4.78, 5) is 38.9. The molecule has 34 heavy (non-hydrogen) atoms. The van der Waals surface area contributed by atoms with E-state index in [-0.39, 0.29) is 28.4 Å². The molecule has 0 bridgehead atoms. The maximum absolute atomic E-state index is 12.7. The molecule has 11 heteroatoms. The molecule has 0 saturated heterocycles. The monoisotopic (exact) mass is 486 g/mol. The first kappa shape index (κ1) is 26.6. The van der Waals surface area contributed by atoms with Gasteiger partial charge in [0.1, 0.15) is 15.3 Å². The number of amides is 2. The summed E-state index contributed by atoms with van der Waals surface area (Å²) < 4.78 is 6.91. The number of anilines is 2. The average molecular weight is 487 g/mol. The molecule has 10 nitrogen and oxygen atoms in total. The van der Waals surface area contributed by atoms with Crippen molar-refractivity contribution in [1.29, 1.82) is 5.26 Å². The molecule has 0 aliphatic rings. The van der Waals surface area contributed by atoms with Gasteiger partial charge in [0.15, 0.2) is 5.57 Å². The number of ether oxygens (including phenoxy) is 1. The van der Waals surface area contributed by atoms with Crippen LogP contribution in [0.15, 0.2) is 29.1 Å². The molecule has 1 aromatic heterocycles. The van der Waals surface area contributed by atoms with Crippen LogP contribution in [0.5, 0.6) is 0 Å². The van der Waals surface area contributed by atoms with Crippen LogP contribution >= 0.6 is 11.3 Å². The Balaban J connectivity index is 2.13. The highest BCUT2D eigenvalue weighted by Gasteiger charge is 2.16. The molecule has 0 spiro atoms. The van der Waals surface area contributed by atoms with Crippen molar-refractivity contribution < 1.29 is 14.3 Å². The Labute approximate surface area is 202 Å². The third kappa shape index (κ3) is 7.47. The number of aromatic nitrogens is 1. The number of urea groups is 1. The predicted molar refractivity (Wildman–Crippen MR) is 134 cm³/mol. The summed E-state index contributed by atoms with van der Waals surface area (Å²) in [6.07, 6.45) is 2.39. The van der Waals surface area contributed by atoms with Gasteiger partial charge in [0.05, 0.1) is 6.61 Å². The van der Waals surface area contributed by atoms with E-state index in [1.165, 1.54) is 10.8 Å². The van der Waals surface area contributed by atoms with E-state index in [4.69, 9.17) is 4.74 Å². The molecule has 0 aliphatic carbocycles. The Morgan fingerprint density at radius 2 is 1.88 bits per heavy atom. The molecular formula is C23H30N6O4S. The van der Waals surface area contributed by atoms with E-state index in [2.05, 4.69) is 20.9 Å². The fraction of sp³-hybridized carbons (Fsp3) is 0.391. The molecule has 0 fully saturated rings. The minimum atomic E-state index is -0.752. The van der Waals surface area contributed by atoms with Crippen LogP contribution in [-0.4, -0.2) is 55.3 Å². The van der Waals surface area contributed by atoms with Crippen molar-refractivity contribution in [3.05, 3.63) is 43.8 Å². The number of thiazole rings is 1. The zero-order chi connectivity index (χ0) is 25.1. The number of nitriles is 1. The first-order valence-corrected chi connectivity index (χ1v) is 11.7. The Hall–Kier alpha value is -3.62. The summed E-state index contributed by atoms with van der Waals surface area (Å²) in [5.74, 6) is -0.752. The third-order valence-corrected chi connectivity index (χ3v) is 5.74. The van der Waals surface area contributed by atoms with Crippen LogP contribution < -0.4 is 30.7 Å². The van der Waals surface area contributed by atoms with E-state index in [9.17, 15) is 19.6 Å². The van der Waals surface area contributed by atoms with Crippen molar-refractivity contribution >= 4 is 46.5 Å². The lowest BCUT2D eigenvalue weighted by Crippen LogP contribution is -2.32. The Kier molecular flexibility index (Phi) is 10.3. The van der Waals surface area contributed by atoms with Crippen molar-refractivity contribution in [2.24, 2.45) is 0 Å². The van der Waals surface area contributed by atoms with Crippen molar-refractivity contribution in [3.63, 3.8) is 0 Å². The number of nitrogens with zero attached hydrogens (tertiary/aromatic N) is 3. The lowest BCUT2D eigenvalue weighted by atomic mass is 10.3. The Morgan fingerprint density at radius 1 is 1.21 bits per heavy atom. The van der Waals surface area contributed by atoms with Crippen LogP contribution in [-0.2, 0) is 16.1 Å². The molecule has 0 aliphatic heterocycles. The lowest BCUT2D eigenvalue weighted by molar-refractivity contribution is -0.136. The molecule has 1 aromatic carbocycles. The highest BCUT2D eigenvalue weighted by Crippen LogP contribution is 2.13. The topological polar surface area (TPSA) is 128 Å². The molecule has 182 valence electrons. The maximum Gasteiger partial charge on any atom is 0.351 e. The summed E-state index contributed by atoms with van der Waals surface area (Å²) >= 11 is 1.04. The number of nitrogens with one attached hydrogen (secondary N) is 3. The quantitative estimate of drug-likeness (QED) is 0.339. The van der Waals surface area contributed by atoms with Crippen LogP contribution in [0.1, 0.15) is 20.3 Å². The van der Waals surface area contributed by atoms with E-state index >= 15 is 0 Å². The van der Waals surface area contributed by atoms with Crippen LogP contribution in [0.2, 0.25) is 0 Å². The highest BCUT2D eigenvalue weighted by molar-refractivity contribution is 7.07.